The molecule has 1 fully saturated rings. The van der Waals surface area contributed by atoms with E-state index in [-0.39, 0.29) is 0 Å². The molecular weight excluding hydrogens is 350 g/mol. The maximum Gasteiger partial charge on any atom is 0.152 e. The summed E-state index contributed by atoms with van der Waals surface area (Å²) in [4.78, 5) is 5.04. The first-order valence-corrected chi connectivity index (χ1v) is 10.0. The summed E-state index contributed by atoms with van der Waals surface area (Å²) in [5.74, 6) is 1.75. The van der Waals surface area contributed by atoms with E-state index < -0.39 is 0 Å². The highest BCUT2D eigenvalue weighted by Crippen LogP contribution is 2.23. The van der Waals surface area contributed by atoms with Crippen LogP contribution in [0.4, 0.5) is 5.69 Å². The quantitative estimate of drug-likeness (QED) is 0.660. The lowest BCUT2D eigenvalue weighted by molar-refractivity contribution is 0.193. The summed E-state index contributed by atoms with van der Waals surface area (Å²) in [6.07, 6.45) is 1.88. The lowest BCUT2D eigenvalue weighted by Crippen LogP contribution is -2.51. The third kappa shape index (κ3) is 4.29. The van der Waals surface area contributed by atoms with Crippen LogP contribution in [0.5, 0.6) is 0 Å². The number of para-hydroxylation sites is 1. The van der Waals surface area contributed by atoms with Crippen molar-refractivity contribution in [2.75, 3.05) is 37.6 Å². The smallest absolute Gasteiger partial charge is 0.152 e. The second-order valence-electron chi connectivity index (χ2n) is 7.52. The molecule has 2 N–H and O–H groups in total. The Balaban J connectivity index is 1.25. The first-order valence-electron chi connectivity index (χ1n) is 10.0. The van der Waals surface area contributed by atoms with Gasteiger partial charge >= 0.3 is 0 Å². The normalized spacial score (nSPS) is 16.4. The number of hydrogen-bond acceptors (Lipinski definition) is 5. The molecule has 0 saturated carbocycles. The van der Waals surface area contributed by atoms with Gasteiger partial charge < -0.3 is 14.6 Å². The summed E-state index contributed by atoms with van der Waals surface area (Å²) in [6.45, 7) is 10.3. The first kappa shape index (κ1) is 18.8. The Morgan fingerprint density at radius 3 is 2.61 bits per heavy atom. The molecule has 2 aromatic heterocycles. The largest absolute Gasteiger partial charge is 0.460 e. The maximum atomic E-state index is 5.73. The topological polar surface area (TPSA) is 60.3 Å². The van der Waals surface area contributed by atoms with Crippen LogP contribution in [0.2, 0.25) is 0 Å². The molecule has 1 aliphatic heterocycles. The van der Waals surface area contributed by atoms with Gasteiger partial charge in [0.2, 0.25) is 0 Å². The third-order valence-electron chi connectivity index (χ3n) is 5.52. The number of aryl methyl sites for hydroxylation is 1. The van der Waals surface area contributed by atoms with Crippen molar-refractivity contribution in [3.63, 3.8) is 0 Å². The molecule has 1 aliphatic rings. The average molecular weight is 380 g/mol. The standard InChI is InChI=1S/C22H29N5O/c1-17(26-10-12-27(13-11-26)20-6-4-3-5-7-20)14-23-15-19-16-24-25-22(19)21-9-8-18(2)28-21/h3-9,16-17,23H,10-15H2,1-2H3,(H,24,25). The van der Waals surface area contributed by atoms with E-state index in [0.29, 0.717) is 6.04 Å². The number of anilines is 1. The molecule has 0 spiro atoms. The Labute approximate surface area is 166 Å². The predicted octanol–water partition coefficient (Wildman–Crippen LogP) is 3.28. The maximum absolute atomic E-state index is 5.73. The minimum absolute atomic E-state index is 0.499. The van der Waals surface area contributed by atoms with Crippen molar-refractivity contribution in [1.29, 1.82) is 0 Å². The van der Waals surface area contributed by atoms with Gasteiger partial charge in [-0.1, -0.05) is 18.2 Å². The number of aromatic nitrogens is 2. The van der Waals surface area contributed by atoms with E-state index in [2.05, 4.69) is 62.6 Å². The van der Waals surface area contributed by atoms with Crippen molar-refractivity contribution in [2.45, 2.75) is 26.4 Å². The fourth-order valence-electron chi connectivity index (χ4n) is 3.83. The van der Waals surface area contributed by atoms with E-state index in [1.807, 2.05) is 25.3 Å². The number of nitrogens with zero attached hydrogens (tertiary/aromatic N) is 3. The highest BCUT2D eigenvalue weighted by Gasteiger charge is 2.21. The summed E-state index contributed by atoms with van der Waals surface area (Å²) in [7, 11) is 0. The summed E-state index contributed by atoms with van der Waals surface area (Å²) < 4.78 is 5.73. The number of rotatable bonds is 7. The highest BCUT2D eigenvalue weighted by molar-refractivity contribution is 5.56. The van der Waals surface area contributed by atoms with E-state index in [4.69, 9.17) is 4.42 Å². The molecule has 148 valence electrons. The molecule has 6 heteroatoms. The molecule has 1 unspecified atom stereocenters. The van der Waals surface area contributed by atoms with Crippen LogP contribution in [0.1, 0.15) is 18.2 Å². The second kappa shape index (κ2) is 8.63. The molecule has 4 rings (SSSR count). The Morgan fingerprint density at radius 2 is 1.89 bits per heavy atom. The number of aromatic amines is 1. The van der Waals surface area contributed by atoms with Crippen molar-refractivity contribution in [3.8, 4) is 11.5 Å². The van der Waals surface area contributed by atoms with Gasteiger partial charge in [-0.2, -0.15) is 5.10 Å². The van der Waals surface area contributed by atoms with E-state index in [1.165, 1.54) is 5.69 Å². The minimum Gasteiger partial charge on any atom is -0.460 e. The van der Waals surface area contributed by atoms with Gasteiger partial charge in [0.15, 0.2) is 5.76 Å². The Kier molecular flexibility index (Phi) is 5.78. The van der Waals surface area contributed by atoms with Gasteiger partial charge in [0, 0.05) is 56.6 Å². The molecule has 0 amide bonds. The second-order valence-corrected chi connectivity index (χ2v) is 7.52. The van der Waals surface area contributed by atoms with Crippen LogP contribution in [0, 0.1) is 6.92 Å². The van der Waals surface area contributed by atoms with Crippen molar-refractivity contribution in [3.05, 3.63) is 60.0 Å². The van der Waals surface area contributed by atoms with Gasteiger partial charge in [0.1, 0.15) is 11.5 Å². The monoisotopic (exact) mass is 379 g/mol. The van der Waals surface area contributed by atoms with Crippen LogP contribution < -0.4 is 10.2 Å². The lowest BCUT2D eigenvalue weighted by Gasteiger charge is -2.39. The van der Waals surface area contributed by atoms with Crippen molar-refractivity contribution in [1.82, 2.24) is 20.4 Å². The van der Waals surface area contributed by atoms with Crippen molar-refractivity contribution in [2.24, 2.45) is 0 Å². The van der Waals surface area contributed by atoms with Crippen LogP contribution in [0.25, 0.3) is 11.5 Å². The Morgan fingerprint density at radius 1 is 1.11 bits per heavy atom. The molecule has 1 aromatic carbocycles. The molecule has 0 aliphatic carbocycles. The van der Waals surface area contributed by atoms with Gasteiger partial charge in [-0.05, 0) is 38.1 Å². The number of hydrogen-bond donors (Lipinski definition) is 2. The highest BCUT2D eigenvalue weighted by atomic mass is 16.3. The molecule has 0 bridgehead atoms. The van der Waals surface area contributed by atoms with Crippen molar-refractivity contribution >= 4 is 5.69 Å². The van der Waals surface area contributed by atoms with Gasteiger partial charge in [-0.25, -0.2) is 0 Å². The number of nitrogens with one attached hydrogen (secondary N) is 2. The molecule has 28 heavy (non-hydrogen) atoms. The Hall–Kier alpha value is -2.57. The fraction of sp³-hybridized carbons (Fsp3) is 0.409. The van der Waals surface area contributed by atoms with E-state index in [9.17, 15) is 0 Å². The van der Waals surface area contributed by atoms with E-state index in [0.717, 1.165) is 62.0 Å². The van der Waals surface area contributed by atoms with Gasteiger partial charge in [0.05, 0.1) is 6.20 Å². The van der Waals surface area contributed by atoms with Crippen LogP contribution in [0.15, 0.2) is 53.1 Å². The number of furan rings is 1. The van der Waals surface area contributed by atoms with E-state index in [1.54, 1.807) is 0 Å². The molecule has 0 radical (unpaired) electrons. The molecule has 3 heterocycles. The summed E-state index contributed by atoms with van der Waals surface area (Å²) in [5, 5.41) is 10.8. The number of piperazine rings is 1. The van der Waals surface area contributed by atoms with Gasteiger partial charge in [-0.15, -0.1) is 0 Å². The molecule has 6 nitrogen and oxygen atoms in total. The number of H-pyrrole nitrogens is 1. The molecule has 1 saturated heterocycles. The average Bonchev–Trinajstić information content (AvgIpc) is 3.37. The zero-order valence-corrected chi connectivity index (χ0v) is 16.7. The fourth-order valence-corrected chi connectivity index (χ4v) is 3.83. The minimum atomic E-state index is 0.499. The zero-order valence-electron chi connectivity index (χ0n) is 16.7. The molecular formula is C22H29N5O. The third-order valence-corrected chi connectivity index (χ3v) is 5.52. The predicted molar refractivity (Wildman–Crippen MR) is 112 cm³/mol. The summed E-state index contributed by atoms with van der Waals surface area (Å²) in [6, 6.07) is 15.2. The van der Waals surface area contributed by atoms with Crippen LogP contribution in [-0.2, 0) is 6.54 Å². The molecule has 1 atom stereocenters. The van der Waals surface area contributed by atoms with Crippen molar-refractivity contribution < 1.29 is 4.42 Å². The Bertz CT molecular complexity index is 864. The van der Waals surface area contributed by atoms with Crippen LogP contribution in [-0.4, -0.2) is 53.9 Å². The lowest BCUT2D eigenvalue weighted by atomic mass is 10.2. The molecule has 3 aromatic rings. The SMILES string of the molecule is Cc1ccc(-c2[nH]ncc2CNCC(C)N2CCN(c3ccccc3)CC2)o1. The summed E-state index contributed by atoms with van der Waals surface area (Å²) >= 11 is 0. The van der Waals surface area contributed by atoms with Crippen LogP contribution in [0.3, 0.4) is 0 Å². The zero-order chi connectivity index (χ0) is 19.3. The number of benzene rings is 1. The summed E-state index contributed by atoms with van der Waals surface area (Å²) in [5.41, 5.74) is 3.42. The first-order chi connectivity index (χ1) is 13.7. The van der Waals surface area contributed by atoms with E-state index >= 15 is 0 Å². The van der Waals surface area contributed by atoms with Gasteiger partial charge in [0.25, 0.3) is 0 Å². The van der Waals surface area contributed by atoms with Crippen LogP contribution >= 0.6 is 0 Å². The van der Waals surface area contributed by atoms with Gasteiger partial charge in [-0.3, -0.25) is 10.00 Å².